The minimum atomic E-state index is 0.138. The van der Waals surface area contributed by atoms with E-state index in [9.17, 15) is 0 Å². The third-order valence-corrected chi connectivity index (χ3v) is 3.57. The van der Waals surface area contributed by atoms with E-state index in [1.54, 1.807) is 44.7 Å². The molecule has 1 aromatic carbocycles. The zero-order valence-corrected chi connectivity index (χ0v) is 13.4. The standard InChI is InChI=1S/C16H18N4O4/c1-21-11-3-4-12(19-8-11)13(7-17)20(18)10-5-14(22-2)16-15(6-10)23-9-24-16/h3-8H,9,17-18H2,1-2H3/b13-7-. The van der Waals surface area contributed by atoms with Crippen LogP contribution in [0.15, 0.2) is 36.7 Å². The number of hydrogen-bond donors (Lipinski definition) is 2. The number of benzene rings is 1. The lowest BCUT2D eigenvalue weighted by Crippen LogP contribution is -2.30. The highest BCUT2D eigenvalue weighted by Gasteiger charge is 2.23. The van der Waals surface area contributed by atoms with Crippen LogP contribution in [0.4, 0.5) is 5.69 Å². The van der Waals surface area contributed by atoms with E-state index >= 15 is 0 Å². The Kier molecular flexibility index (Phi) is 4.30. The second-order valence-electron chi connectivity index (χ2n) is 4.89. The van der Waals surface area contributed by atoms with Crippen molar-refractivity contribution in [3.05, 3.63) is 42.4 Å². The summed E-state index contributed by atoms with van der Waals surface area (Å²) in [4.78, 5) is 4.30. The van der Waals surface area contributed by atoms with Gasteiger partial charge >= 0.3 is 0 Å². The Bertz CT molecular complexity index is 761. The minimum absolute atomic E-state index is 0.138. The Balaban J connectivity index is 1.95. The first kappa shape index (κ1) is 15.8. The number of nitrogens with two attached hydrogens (primary N) is 2. The highest BCUT2D eigenvalue weighted by molar-refractivity contribution is 5.78. The molecule has 126 valence electrons. The second kappa shape index (κ2) is 6.55. The molecule has 1 aliphatic rings. The van der Waals surface area contributed by atoms with Crippen LogP contribution in [0.3, 0.4) is 0 Å². The maximum absolute atomic E-state index is 6.23. The summed E-state index contributed by atoms with van der Waals surface area (Å²) >= 11 is 0. The molecule has 0 saturated heterocycles. The van der Waals surface area contributed by atoms with Crippen molar-refractivity contribution in [3.63, 3.8) is 0 Å². The molecule has 2 heterocycles. The molecule has 1 aliphatic heterocycles. The fourth-order valence-electron chi connectivity index (χ4n) is 2.34. The van der Waals surface area contributed by atoms with E-state index in [-0.39, 0.29) is 6.79 Å². The van der Waals surface area contributed by atoms with Crippen molar-refractivity contribution < 1.29 is 18.9 Å². The first-order valence-corrected chi connectivity index (χ1v) is 7.12. The van der Waals surface area contributed by atoms with Gasteiger partial charge in [-0.05, 0) is 12.1 Å². The number of hydrazine groups is 1. The third kappa shape index (κ3) is 2.74. The first-order valence-electron chi connectivity index (χ1n) is 7.12. The van der Waals surface area contributed by atoms with Gasteiger partial charge in [-0.3, -0.25) is 9.99 Å². The molecule has 0 aliphatic carbocycles. The second-order valence-corrected chi connectivity index (χ2v) is 4.89. The summed E-state index contributed by atoms with van der Waals surface area (Å²) in [5.41, 5.74) is 7.48. The van der Waals surface area contributed by atoms with E-state index in [4.69, 9.17) is 30.5 Å². The first-order chi connectivity index (χ1) is 11.7. The topological polar surface area (TPSA) is 105 Å². The quantitative estimate of drug-likeness (QED) is 0.627. The third-order valence-electron chi connectivity index (χ3n) is 3.57. The lowest BCUT2D eigenvalue weighted by atomic mass is 10.2. The summed E-state index contributed by atoms with van der Waals surface area (Å²) in [7, 11) is 3.12. The lowest BCUT2D eigenvalue weighted by Gasteiger charge is -2.22. The average molecular weight is 330 g/mol. The Hall–Kier alpha value is -3.13. The average Bonchev–Trinajstić information content (AvgIpc) is 3.10. The maximum Gasteiger partial charge on any atom is 0.231 e. The number of pyridine rings is 1. The van der Waals surface area contributed by atoms with Gasteiger partial charge in [-0.15, -0.1) is 0 Å². The van der Waals surface area contributed by atoms with Crippen LogP contribution in [0.2, 0.25) is 0 Å². The molecule has 8 nitrogen and oxygen atoms in total. The van der Waals surface area contributed by atoms with Crippen LogP contribution in [0.5, 0.6) is 23.0 Å². The number of ether oxygens (including phenoxy) is 4. The Morgan fingerprint density at radius 1 is 1.25 bits per heavy atom. The number of aromatic nitrogens is 1. The van der Waals surface area contributed by atoms with E-state index < -0.39 is 0 Å². The van der Waals surface area contributed by atoms with Crippen molar-refractivity contribution in [2.45, 2.75) is 0 Å². The van der Waals surface area contributed by atoms with Crippen molar-refractivity contribution in [1.29, 1.82) is 0 Å². The molecule has 3 rings (SSSR count). The van der Waals surface area contributed by atoms with Crippen LogP contribution in [0, 0.1) is 0 Å². The van der Waals surface area contributed by atoms with Crippen LogP contribution in [-0.2, 0) is 0 Å². The van der Waals surface area contributed by atoms with Gasteiger partial charge in [-0.2, -0.15) is 0 Å². The van der Waals surface area contributed by atoms with Crippen LogP contribution < -0.4 is 35.5 Å². The highest BCUT2D eigenvalue weighted by atomic mass is 16.7. The fraction of sp³-hybridized carbons (Fsp3) is 0.188. The largest absolute Gasteiger partial charge is 0.495 e. The summed E-state index contributed by atoms with van der Waals surface area (Å²) in [6.45, 7) is 0.138. The lowest BCUT2D eigenvalue weighted by molar-refractivity contribution is 0.171. The molecule has 0 radical (unpaired) electrons. The summed E-state index contributed by atoms with van der Waals surface area (Å²) in [6, 6.07) is 7.03. The van der Waals surface area contributed by atoms with Crippen molar-refractivity contribution in [1.82, 2.24) is 4.98 Å². The minimum Gasteiger partial charge on any atom is -0.495 e. The molecule has 4 N–H and O–H groups in total. The maximum atomic E-state index is 6.23. The highest BCUT2D eigenvalue weighted by Crippen LogP contribution is 2.44. The molecule has 0 bridgehead atoms. The molecular formula is C16H18N4O4. The number of anilines is 1. The molecule has 0 spiro atoms. The summed E-state index contributed by atoms with van der Waals surface area (Å²) in [5, 5.41) is 1.40. The smallest absolute Gasteiger partial charge is 0.231 e. The summed E-state index contributed by atoms with van der Waals surface area (Å²) in [6.07, 6.45) is 2.97. The Morgan fingerprint density at radius 3 is 2.71 bits per heavy atom. The van der Waals surface area contributed by atoms with Gasteiger partial charge in [-0.25, -0.2) is 5.84 Å². The molecular weight excluding hydrogens is 312 g/mol. The van der Waals surface area contributed by atoms with Crippen LogP contribution in [0.25, 0.3) is 5.70 Å². The Morgan fingerprint density at radius 2 is 2.08 bits per heavy atom. The number of hydrogen-bond acceptors (Lipinski definition) is 8. The van der Waals surface area contributed by atoms with Gasteiger partial charge in [0.05, 0.1) is 37.5 Å². The van der Waals surface area contributed by atoms with E-state index in [0.717, 1.165) is 0 Å². The monoisotopic (exact) mass is 330 g/mol. The predicted molar refractivity (Wildman–Crippen MR) is 88.7 cm³/mol. The molecule has 24 heavy (non-hydrogen) atoms. The molecule has 2 aromatic rings. The molecule has 0 fully saturated rings. The van der Waals surface area contributed by atoms with Crippen molar-refractivity contribution in [2.24, 2.45) is 11.6 Å². The van der Waals surface area contributed by atoms with Gasteiger partial charge in [0.2, 0.25) is 12.5 Å². The number of methoxy groups -OCH3 is 2. The van der Waals surface area contributed by atoms with Crippen LogP contribution >= 0.6 is 0 Å². The van der Waals surface area contributed by atoms with Crippen LogP contribution in [0.1, 0.15) is 5.69 Å². The molecule has 0 saturated carbocycles. The summed E-state index contributed by atoms with van der Waals surface area (Å²) < 4.78 is 21.2. The van der Waals surface area contributed by atoms with Gasteiger partial charge in [0.15, 0.2) is 11.5 Å². The van der Waals surface area contributed by atoms with E-state index in [2.05, 4.69) is 4.98 Å². The van der Waals surface area contributed by atoms with Gasteiger partial charge in [-0.1, -0.05) is 0 Å². The normalized spacial score (nSPS) is 12.9. The SMILES string of the molecule is COc1ccc(/C(=C/N)N(N)c2cc(OC)c3c(c2)OCO3)nc1. The molecule has 0 unspecified atom stereocenters. The van der Waals surface area contributed by atoms with E-state index in [1.165, 1.54) is 11.2 Å². The molecule has 8 heteroatoms. The molecule has 0 amide bonds. The zero-order valence-electron chi connectivity index (χ0n) is 13.4. The summed E-state index contributed by atoms with van der Waals surface area (Å²) in [5.74, 6) is 8.50. The van der Waals surface area contributed by atoms with Crippen molar-refractivity contribution in [3.8, 4) is 23.0 Å². The molecule has 0 atom stereocenters. The van der Waals surface area contributed by atoms with Crippen molar-refractivity contribution in [2.75, 3.05) is 26.0 Å². The van der Waals surface area contributed by atoms with Gasteiger partial charge < -0.3 is 24.7 Å². The van der Waals surface area contributed by atoms with Crippen LogP contribution in [-0.4, -0.2) is 26.0 Å². The van der Waals surface area contributed by atoms with Gasteiger partial charge in [0, 0.05) is 18.3 Å². The van der Waals surface area contributed by atoms with E-state index in [0.29, 0.717) is 40.1 Å². The van der Waals surface area contributed by atoms with Gasteiger partial charge in [0.1, 0.15) is 5.75 Å². The van der Waals surface area contributed by atoms with E-state index in [1.807, 2.05) is 0 Å². The zero-order chi connectivity index (χ0) is 17.1. The predicted octanol–water partition coefficient (Wildman–Crippen LogP) is 1.46. The number of fused-ring (bicyclic) bond motifs is 1. The van der Waals surface area contributed by atoms with Gasteiger partial charge in [0.25, 0.3) is 0 Å². The fourth-order valence-corrected chi connectivity index (χ4v) is 2.34. The number of nitrogens with zero attached hydrogens (tertiary/aromatic N) is 2. The molecule has 1 aromatic heterocycles. The van der Waals surface area contributed by atoms with Crippen molar-refractivity contribution >= 4 is 11.4 Å². The number of rotatable bonds is 5. The Labute approximate surface area is 139 Å².